The Hall–Kier alpha value is -1.36. The van der Waals surface area contributed by atoms with Gasteiger partial charge in [0.05, 0.1) is 6.10 Å². The Kier molecular flexibility index (Phi) is 5.85. The van der Waals surface area contributed by atoms with E-state index in [0.717, 1.165) is 18.9 Å². The van der Waals surface area contributed by atoms with Crippen LogP contribution in [0.3, 0.4) is 0 Å². The Morgan fingerprint density at radius 1 is 1.28 bits per heavy atom. The summed E-state index contributed by atoms with van der Waals surface area (Å²) in [5.74, 6) is 1.41. The van der Waals surface area contributed by atoms with E-state index in [-0.39, 0.29) is 6.10 Å². The van der Waals surface area contributed by atoms with Crippen LogP contribution in [-0.4, -0.2) is 47.2 Å². The lowest BCUT2D eigenvalue weighted by atomic mass is 10.3. The third kappa shape index (κ3) is 5.31. The minimum absolute atomic E-state index is 0.125. The molecule has 5 nitrogen and oxygen atoms in total. The fourth-order valence-corrected chi connectivity index (χ4v) is 1.36. The number of hydrogen-bond donors (Lipinski definition) is 1. The van der Waals surface area contributed by atoms with Crippen LogP contribution in [0.2, 0.25) is 0 Å². The van der Waals surface area contributed by atoms with Gasteiger partial charge in [0.1, 0.15) is 12.1 Å². The summed E-state index contributed by atoms with van der Waals surface area (Å²) in [5, 5.41) is 3.27. The minimum Gasteiger partial charge on any atom is -0.475 e. The van der Waals surface area contributed by atoms with Crippen LogP contribution in [0.15, 0.2) is 12.4 Å². The number of ether oxygens (including phenoxy) is 1. The zero-order valence-electron chi connectivity index (χ0n) is 12.0. The fourth-order valence-electron chi connectivity index (χ4n) is 1.36. The summed E-state index contributed by atoms with van der Waals surface area (Å²) in [6.07, 6.45) is 1.64. The van der Waals surface area contributed by atoms with Crippen LogP contribution in [0.25, 0.3) is 0 Å². The van der Waals surface area contributed by atoms with Crippen molar-refractivity contribution in [1.29, 1.82) is 0 Å². The maximum Gasteiger partial charge on any atom is 0.218 e. The first-order chi connectivity index (χ1) is 8.49. The lowest BCUT2D eigenvalue weighted by Crippen LogP contribution is -2.31. The van der Waals surface area contributed by atoms with Gasteiger partial charge >= 0.3 is 0 Å². The Balaban J connectivity index is 2.42. The molecular formula is C13H24N4O. The van der Waals surface area contributed by atoms with Gasteiger partial charge in [-0.2, -0.15) is 0 Å². The van der Waals surface area contributed by atoms with E-state index in [1.807, 2.05) is 19.9 Å². The van der Waals surface area contributed by atoms with Crippen LogP contribution >= 0.6 is 0 Å². The molecule has 0 aliphatic heterocycles. The predicted octanol–water partition coefficient (Wildman–Crippen LogP) is 2.02. The summed E-state index contributed by atoms with van der Waals surface area (Å²) in [6, 6.07) is 2.38. The highest BCUT2D eigenvalue weighted by molar-refractivity contribution is 5.36. The molecule has 0 aromatic carbocycles. The van der Waals surface area contributed by atoms with E-state index in [2.05, 4.69) is 41.1 Å². The monoisotopic (exact) mass is 252 g/mol. The standard InChI is InChI=1S/C13H24N4O/c1-10(2)17(5)7-6-14-12-8-13(16-9-15-12)18-11(3)4/h8-11H,6-7H2,1-5H3,(H,14,15,16). The van der Waals surface area contributed by atoms with E-state index in [1.54, 1.807) is 0 Å². The molecule has 0 atom stereocenters. The molecule has 0 amide bonds. The van der Waals surface area contributed by atoms with Crippen molar-refractivity contribution in [1.82, 2.24) is 14.9 Å². The first-order valence-corrected chi connectivity index (χ1v) is 6.42. The molecule has 1 aromatic rings. The van der Waals surface area contributed by atoms with Crippen molar-refractivity contribution in [3.05, 3.63) is 12.4 Å². The Labute approximate surface area is 110 Å². The van der Waals surface area contributed by atoms with E-state index in [0.29, 0.717) is 11.9 Å². The molecular weight excluding hydrogens is 228 g/mol. The molecule has 1 aromatic heterocycles. The number of nitrogens with zero attached hydrogens (tertiary/aromatic N) is 3. The van der Waals surface area contributed by atoms with Crippen molar-refractivity contribution >= 4 is 5.82 Å². The van der Waals surface area contributed by atoms with Crippen molar-refractivity contribution in [3.63, 3.8) is 0 Å². The van der Waals surface area contributed by atoms with Gasteiger partial charge in [-0.1, -0.05) is 0 Å². The number of nitrogens with one attached hydrogen (secondary N) is 1. The molecule has 0 unspecified atom stereocenters. The Morgan fingerprint density at radius 2 is 2.00 bits per heavy atom. The average Bonchev–Trinajstić information content (AvgIpc) is 2.28. The topological polar surface area (TPSA) is 50.3 Å². The number of aromatic nitrogens is 2. The number of anilines is 1. The second-order valence-corrected chi connectivity index (χ2v) is 4.91. The van der Waals surface area contributed by atoms with Crippen LogP contribution in [-0.2, 0) is 0 Å². The maximum atomic E-state index is 5.52. The van der Waals surface area contributed by atoms with Gasteiger partial charge in [0.25, 0.3) is 0 Å². The highest BCUT2D eigenvalue weighted by atomic mass is 16.5. The van der Waals surface area contributed by atoms with Gasteiger partial charge in [0.15, 0.2) is 0 Å². The zero-order valence-corrected chi connectivity index (χ0v) is 12.0. The van der Waals surface area contributed by atoms with Crippen LogP contribution in [0.5, 0.6) is 5.88 Å². The molecule has 5 heteroatoms. The van der Waals surface area contributed by atoms with Gasteiger partial charge in [-0.15, -0.1) is 0 Å². The summed E-state index contributed by atoms with van der Waals surface area (Å²) >= 11 is 0. The van der Waals surface area contributed by atoms with Gasteiger partial charge in [-0.3, -0.25) is 0 Å². The molecule has 0 radical (unpaired) electrons. The smallest absolute Gasteiger partial charge is 0.218 e. The molecule has 0 bridgehead atoms. The number of hydrogen-bond acceptors (Lipinski definition) is 5. The number of likely N-dealkylation sites (N-methyl/N-ethyl adjacent to an activating group) is 1. The molecule has 0 fully saturated rings. The van der Waals surface area contributed by atoms with Crippen LogP contribution < -0.4 is 10.1 Å². The van der Waals surface area contributed by atoms with Crippen molar-refractivity contribution in [2.75, 3.05) is 25.5 Å². The highest BCUT2D eigenvalue weighted by Crippen LogP contribution is 2.12. The molecule has 18 heavy (non-hydrogen) atoms. The van der Waals surface area contributed by atoms with E-state index in [1.165, 1.54) is 6.33 Å². The van der Waals surface area contributed by atoms with E-state index in [9.17, 15) is 0 Å². The number of rotatable bonds is 7. The van der Waals surface area contributed by atoms with Gasteiger partial charge in [0, 0.05) is 25.2 Å². The van der Waals surface area contributed by atoms with E-state index >= 15 is 0 Å². The molecule has 0 aliphatic carbocycles. The Morgan fingerprint density at radius 3 is 2.61 bits per heavy atom. The lowest BCUT2D eigenvalue weighted by Gasteiger charge is -2.21. The van der Waals surface area contributed by atoms with E-state index < -0.39 is 0 Å². The fraction of sp³-hybridized carbons (Fsp3) is 0.692. The van der Waals surface area contributed by atoms with Crippen LogP contribution in [0.1, 0.15) is 27.7 Å². The summed E-state index contributed by atoms with van der Waals surface area (Å²) < 4.78 is 5.52. The van der Waals surface area contributed by atoms with Crippen LogP contribution in [0, 0.1) is 0 Å². The van der Waals surface area contributed by atoms with Crippen LogP contribution in [0.4, 0.5) is 5.82 Å². The minimum atomic E-state index is 0.125. The molecule has 1 rings (SSSR count). The second-order valence-electron chi connectivity index (χ2n) is 4.91. The van der Waals surface area contributed by atoms with Crippen molar-refractivity contribution in [3.8, 4) is 5.88 Å². The lowest BCUT2D eigenvalue weighted by molar-refractivity contribution is 0.232. The average molecular weight is 252 g/mol. The van der Waals surface area contributed by atoms with E-state index in [4.69, 9.17) is 4.74 Å². The molecule has 0 saturated carbocycles. The predicted molar refractivity (Wildman–Crippen MR) is 74.1 cm³/mol. The van der Waals surface area contributed by atoms with Crippen molar-refractivity contribution in [2.24, 2.45) is 0 Å². The first kappa shape index (κ1) is 14.7. The third-order valence-electron chi connectivity index (χ3n) is 2.65. The second kappa shape index (κ2) is 7.16. The third-order valence-corrected chi connectivity index (χ3v) is 2.65. The van der Waals surface area contributed by atoms with Gasteiger partial charge < -0.3 is 15.0 Å². The molecule has 0 aliphatic rings. The first-order valence-electron chi connectivity index (χ1n) is 6.42. The highest BCUT2D eigenvalue weighted by Gasteiger charge is 2.04. The summed E-state index contributed by atoms with van der Waals surface area (Å²) in [7, 11) is 2.11. The summed E-state index contributed by atoms with van der Waals surface area (Å²) in [6.45, 7) is 10.1. The molecule has 0 saturated heterocycles. The van der Waals surface area contributed by atoms with Crippen molar-refractivity contribution < 1.29 is 4.74 Å². The van der Waals surface area contributed by atoms with Gasteiger partial charge in [-0.05, 0) is 34.7 Å². The SMILES string of the molecule is CC(C)Oc1cc(NCCN(C)C(C)C)ncn1. The molecule has 0 spiro atoms. The maximum absolute atomic E-state index is 5.52. The normalized spacial score (nSPS) is 11.3. The molecule has 1 heterocycles. The zero-order chi connectivity index (χ0) is 13.5. The Bertz CT molecular complexity index is 355. The molecule has 1 N–H and O–H groups in total. The molecule has 102 valence electrons. The van der Waals surface area contributed by atoms with Crippen molar-refractivity contribution in [2.45, 2.75) is 39.8 Å². The van der Waals surface area contributed by atoms with Gasteiger partial charge in [0.2, 0.25) is 5.88 Å². The summed E-state index contributed by atoms with van der Waals surface area (Å²) in [4.78, 5) is 10.5. The quantitative estimate of drug-likeness (QED) is 0.804. The largest absolute Gasteiger partial charge is 0.475 e. The van der Waals surface area contributed by atoms with Gasteiger partial charge in [-0.25, -0.2) is 9.97 Å². The summed E-state index contributed by atoms with van der Waals surface area (Å²) in [5.41, 5.74) is 0.